The van der Waals surface area contributed by atoms with Crippen molar-refractivity contribution in [3.05, 3.63) is 74.7 Å². The molecular weight excluding hydrogens is 396 g/mol. The second-order valence-corrected chi connectivity index (χ2v) is 9.40. The smallest absolute Gasteiger partial charge is 0.280 e. The van der Waals surface area contributed by atoms with Crippen molar-refractivity contribution >= 4 is 33.6 Å². The molecule has 7 heteroatoms. The van der Waals surface area contributed by atoms with E-state index in [0.717, 1.165) is 4.57 Å². The third-order valence-corrected chi connectivity index (χ3v) is 6.21. The van der Waals surface area contributed by atoms with Gasteiger partial charge in [0.25, 0.3) is 5.56 Å². The Morgan fingerprint density at radius 3 is 2.37 bits per heavy atom. The maximum atomic E-state index is 13.0. The maximum absolute atomic E-state index is 13.0. The molecule has 0 radical (unpaired) electrons. The van der Waals surface area contributed by atoms with Crippen molar-refractivity contribution in [3.63, 3.8) is 0 Å². The third kappa shape index (κ3) is 3.43. The summed E-state index contributed by atoms with van der Waals surface area (Å²) in [6.07, 6.45) is 0. The van der Waals surface area contributed by atoms with Crippen LogP contribution in [0.25, 0.3) is 21.8 Å². The van der Waals surface area contributed by atoms with Crippen molar-refractivity contribution in [2.24, 2.45) is 14.1 Å². The van der Waals surface area contributed by atoms with Crippen LogP contribution in [0.3, 0.4) is 0 Å². The average Bonchev–Trinajstić information content (AvgIpc) is 2.73. The topological polar surface area (TPSA) is 69.8 Å². The molecule has 0 bridgehead atoms. The molecule has 4 rings (SSSR count). The van der Waals surface area contributed by atoms with Gasteiger partial charge in [-0.3, -0.25) is 13.9 Å². The lowest BCUT2D eigenvalue weighted by molar-refractivity contribution is 0.539. The number of thioether (sulfide) groups is 1. The molecule has 2 aromatic carbocycles. The second-order valence-electron chi connectivity index (χ2n) is 8.43. The van der Waals surface area contributed by atoms with Crippen LogP contribution in [-0.2, 0) is 25.3 Å². The molecule has 0 saturated heterocycles. The molecule has 0 aliphatic carbocycles. The van der Waals surface area contributed by atoms with E-state index in [9.17, 15) is 9.59 Å². The molecule has 0 atom stereocenters. The molecule has 0 amide bonds. The van der Waals surface area contributed by atoms with Crippen LogP contribution in [0.15, 0.2) is 57.1 Å². The fourth-order valence-electron chi connectivity index (χ4n) is 3.43. The lowest BCUT2D eigenvalue weighted by Gasteiger charge is -2.19. The normalized spacial score (nSPS) is 12.0. The van der Waals surface area contributed by atoms with Crippen molar-refractivity contribution in [1.29, 1.82) is 0 Å². The monoisotopic (exact) mass is 420 g/mol. The highest BCUT2D eigenvalue weighted by Crippen LogP contribution is 2.31. The molecular formula is C23H24N4O2S. The van der Waals surface area contributed by atoms with Crippen molar-refractivity contribution in [1.82, 2.24) is 19.1 Å². The van der Waals surface area contributed by atoms with E-state index in [0.29, 0.717) is 27.6 Å². The van der Waals surface area contributed by atoms with Gasteiger partial charge in [0, 0.05) is 25.3 Å². The molecule has 6 nitrogen and oxygen atoms in total. The predicted molar refractivity (Wildman–Crippen MR) is 122 cm³/mol. The van der Waals surface area contributed by atoms with Gasteiger partial charge >= 0.3 is 5.69 Å². The van der Waals surface area contributed by atoms with E-state index < -0.39 is 5.69 Å². The minimum Gasteiger partial charge on any atom is -0.280 e. The lowest BCUT2D eigenvalue weighted by Crippen LogP contribution is -2.38. The molecule has 4 aromatic rings. The number of hydrogen-bond donors (Lipinski definition) is 0. The van der Waals surface area contributed by atoms with Crippen LogP contribution in [-0.4, -0.2) is 19.1 Å². The van der Waals surface area contributed by atoms with Gasteiger partial charge in [-0.2, -0.15) is 0 Å². The van der Waals surface area contributed by atoms with E-state index in [4.69, 9.17) is 4.98 Å². The number of rotatable bonds is 3. The predicted octanol–water partition coefficient (Wildman–Crippen LogP) is 3.77. The molecule has 30 heavy (non-hydrogen) atoms. The first-order valence-electron chi connectivity index (χ1n) is 9.76. The summed E-state index contributed by atoms with van der Waals surface area (Å²) in [4.78, 5) is 34.8. The van der Waals surface area contributed by atoms with Gasteiger partial charge in [-0.05, 0) is 16.3 Å². The lowest BCUT2D eigenvalue weighted by atomic mass is 9.96. The van der Waals surface area contributed by atoms with Gasteiger partial charge in [0.05, 0.1) is 0 Å². The number of hydrogen-bond acceptors (Lipinski definition) is 5. The molecule has 2 aromatic heterocycles. The molecule has 154 valence electrons. The Bertz CT molecular complexity index is 1390. The summed E-state index contributed by atoms with van der Waals surface area (Å²) in [5.74, 6) is 1.27. The fourth-order valence-corrected chi connectivity index (χ4v) is 4.45. The standard InChI is InChI=1S/C23H24N4O2S/c1-23(2,3)21-24-18-17(20(28)27(5)22(29)26(18)4)19(25-21)30-13-15-11-8-10-14-9-6-7-12-16(14)15/h6-12H,13H2,1-5H3. The quantitative estimate of drug-likeness (QED) is 0.373. The van der Waals surface area contributed by atoms with Crippen LogP contribution in [0.5, 0.6) is 0 Å². The maximum Gasteiger partial charge on any atom is 0.332 e. The summed E-state index contributed by atoms with van der Waals surface area (Å²) in [5, 5.41) is 3.35. The molecule has 0 aliphatic rings. The first kappa shape index (κ1) is 20.3. The number of nitrogens with zero attached hydrogens (tertiary/aromatic N) is 4. The van der Waals surface area contributed by atoms with Crippen LogP contribution in [0.4, 0.5) is 0 Å². The Morgan fingerprint density at radius 2 is 1.63 bits per heavy atom. The minimum atomic E-state index is -0.393. The largest absolute Gasteiger partial charge is 0.332 e. The Balaban J connectivity index is 1.91. The highest BCUT2D eigenvalue weighted by atomic mass is 32.2. The van der Waals surface area contributed by atoms with Gasteiger partial charge in [-0.25, -0.2) is 14.8 Å². The van der Waals surface area contributed by atoms with Crippen molar-refractivity contribution in [2.75, 3.05) is 0 Å². The van der Waals surface area contributed by atoms with Gasteiger partial charge in [-0.1, -0.05) is 63.2 Å². The number of aryl methyl sites for hydroxylation is 1. The van der Waals surface area contributed by atoms with Gasteiger partial charge < -0.3 is 0 Å². The van der Waals surface area contributed by atoms with E-state index in [1.54, 1.807) is 7.05 Å². The number of aromatic nitrogens is 4. The number of benzene rings is 2. The van der Waals surface area contributed by atoms with Gasteiger partial charge in [0.1, 0.15) is 16.2 Å². The molecule has 0 unspecified atom stereocenters. The Morgan fingerprint density at radius 1 is 0.933 bits per heavy atom. The minimum absolute atomic E-state index is 0.319. The van der Waals surface area contributed by atoms with Gasteiger partial charge in [-0.15, -0.1) is 11.8 Å². The van der Waals surface area contributed by atoms with Crippen LogP contribution in [0, 0.1) is 0 Å². The summed E-state index contributed by atoms with van der Waals surface area (Å²) < 4.78 is 2.54. The van der Waals surface area contributed by atoms with E-state index >= 15 is 0 Å². The van der Waals surface area contributed by atoms with E-state index in [1.807, 2.05) is 39.0 Å². The first-order valence-corrected chi connectivity index (χ1v) is 10.7. The van der Waals surface area contributed by atoms with Crippen LogP contribution >= 0.6 is 11.8 Å². The SMILES string of the molecule is Cn1c(=O)c2c(SCc3cccc4ccccc34)nc(C(C)(C)C)nc2n(C)c1=O. The zero-order valence-corrected chi connectivity index (χ0v) is 18.6. The molecule has 0 spiro atoms. The highest BCUT2D eigenvalue weighted by Gasteiger charge is 2.23. The molecule has 0 fully saturated rings. The van der Waals surface area contributed by atoms with Crippen LogP contribution in [0.1, 0.15) is 32.2 Å². The summed E-state index contributed by atoms with van der Waals surface area (Å²) in [6.45, 7) is 6.06. The Hall–Kier alpha value is -2.93. The molecule has 0 saturated carbocycles. The average molecular weight is 421 g/mol. The third-order valence-electron chi connectivity index (χ3n) is 5.18. The first-order chi connectivity index (χ1) is 14.2. The summed E-state index contributed by atoms with van der Waals surface area (Å²) >= 11 is 1.51. The van der Waals surface area contributed by atoms with Gasteiger partial charge in [0.15, 0.2) is 5.65 Å². The Kier molecular flexibility index (Phi) is 5.02. The summed E-state index contributed by atoms with van der Waals surface area (Å²) in [5.41, 5.74) is 0.470. The van der Waals surface area contributed by atoms with Crippen molar-refractivity contribution < 1.29 is 0 Å². The molecule has 2 heterocycles. The fraction of sp³-hybridized carbons (Fsp3) is 0.304. The van der Waals surface area contributed by atoms with E-state index in [2.05, 4.69) is 29.2 Å². The Labute approximate surface area is 178 Å². The zero-order valence-electron chi connectivity index (χ0n) is 17.8. The van der Waals surface area contributed by atoms with Crippen molar-refractivity contribution in [3.8, 4) is 0 Å². The van der Waals surface area contributed by atoms with Crippen molar-refractivity contribution in [2.45, 2.75) is 37.0 Å². The zero-order chi connectivity index (χ0) is 21.6. The summed E-state index contributed by atoms with van der Waals surface area (Å²) in [7, 11) is 3.13. The molecule has 0 N–H and O–H groups in total. The number of fused-ring (bicyclic) bond motifs is 2. The second kappa shape index (κ2) is 7.40. The van der Waals surface area contributed by atoms with E-state index in [-0.39, 0.29) is 11.0 Å². The highest BCUT2D eigenvalue weighted by molar-refractivity contribution is 7.98. The summed E-state index contributed by atoms with van der Waals surface area (Å²) in [6, 6.07) is 14.5. The van der Waals surface area contributed by atoms with Crippen LogP contribution < -0.4 is 11.2 Å². The molecule has 0 aliphatic heterocycles. The van der Waals surface area contributed by atoms with Gasteiger partial charge in [0.2, 0.25) is 0 Å². The van der Waals surface area contributed by atoms with E-state index in [1.165, 1.54) is 39.7 Å². The van der Waals surface area contributed by atoms with Crippen LogP contribution in [0.2, 0.25) is 0 Å².